The number of benzene rings is 1. The van der Waals surface area contributed by atoms with Gasteiger partial charge >= 0.3 is 5.97 Å². The molecule has 1 aliphatic rings. The fourth-order valence-corrected chi connectivity index (χ4v) is 4.72. The molecule has 0 bridgehead atoms. The molecule has 0 saturated carbocycles. The number of aryl methyl sites for hydroxylation is 1. The number of carbonyl (C=O) groups excluding carboxylic acids is 2. The van der Waals surface area contributed by atoms with E-state index in [2.05, 4.69) is 5.32 Å². The summed E-state index contributed by atoms with van der Waals surface area (Å²) in [6.45, 7) is 8.93. The summed E-state index contributed by atoms with van der Waals surface area (Å²) >= 11 is 0. The third-order valence-corrected chi connectivity index (χ3v) is 6.43. The van der Waals surface area contributed by atoms with Crippen molar-refractivity contribution in [1.82, 2.24) is 9.62 Å². The van der Waals surface area contributed by atoms with Gasteiger partial charge < -0.3 is 10.1 Å². The summed E-state index contributed by atoms with van der Waals surface area (Å²) in [5, 5.41) is 2.62. The zero-order valence-corrected chi connectivity index (χ0v) is 18.0. The van der Waals surface area contributed by atoms with E-state index in [0.29, 0.717) is 12.8 Å². The topological polar surface area (TPSA) is 92.8 Å². The Morgan fingerprint density at radius 3 is 2.36 bits per heavy atom. The molecule has 1 heterocycles. The Morgan fingerprint density at radius 2 is 1.79 bits per heavy atom. The number of carbonyl (C=O) groups is 2. The van der Waals surface area contributed by atoms with Gasteiger partial charge in [-0.3, -0.25) is 4.79 Å². The summed E-state index contributed by atoms with van der Waals surface area (Å²) in [6.07, 6.45) is 1.85. The minimum atomic E-state index is -3.80. The van der Waals surface area contributed by atoms with Crippen molar-refractivity contribution in [2.24, 2.45) is 0 Å². The van der Waals surface area contributed by atoms with Gasteiger partial charge in [0.1, 0.15) is 17.7 Å². The molecule has 1 saturated heterocycles. The number of rotatable bonds is 5. The Labute approximate surface area is 167 Å². The summed E-state index contributed by atoms with van der Waals surface area (Å²) in [7, 11) is -3.80. The van der Waals surface area contributed by atoms with Crippen LogP contribution < -0.4 is 5.32 Å². The molecule has 0 spiro atoms. The van der Waals surface area contributed by atoms with Gasteiger partial charge in [0.25, 0.3) is 0 Å². The van der Waals surface area contributed by atoms with Crippen LogP contribution in [-0.4, -0.2) is 48.8 Å². The molecule has 156 valence electrons. The van der Waals surface area contributed by atoms with Crippen LogP contribution in [0.25, 0.3) is 0 Å². The predicted octanol–water partition coefficient (Wildman–Crippen LogP) is 2.38. The van der Waals surface area contributed by atoms with Crippen molar-refractivity contribution in [2.75, 3.05) is 6.54 Å². The third-order valence-electron chi connectivity index (χ3n) is 4.50. The summed E-state index contributed by atoms with van der Waals surface area (Å²) in [5.41, 5.74) is 0.292. The first kappa shape index (κ1) is 22.4. The van der Waals surface area contributed by atoms with Crippen molar-refractivity contribution in [1.29, 1.82) is 0 Å². The number of hydrogen-bond donors (Lipinski definition) is 1. The van der Waals surface area contributed by atoms with Crippen LogP contribution in [0.5, 0.6) is 0 Å². The molecule has 0 unspecified atom stereocenters. The Balaban J connectivity index is 2.17. The van der Waals surface area contributed by atoms with Crippen molar-refractivity contribution in [3.63, 3.8) is 0 Å². The number of nitrogens with one attached hydrogen (secondary N) is 1. The molecule has 7 nitrogen and oxygen atoms in total. The monoisotopic (exact) mass is 410 g/mol. The van der Waals surface area contributed by atoms with E-state index < -0.39 is 39.6 Å². The summed E-state index contributed by atoms with van der Waals surface area (Å²) in [6, 6.07) is 4.87. The van der Waals surface area contributed by atoms with Gasteiger partial charge in [0, 0.05) is 6.54 Å². The lowest BCUT2D eigenvalue weighted by atomic mass is 10.0. The molecular formula is C20H30N2O5S. The van der Waals surface area contributed by atoms with Crippen LogP contribution in [0.3, 0.4) is 0 Å². The predicted molar refractivity (Wildman–Crippen MR) is 106 cm³/mol. The molecule has 2 atom stereocenters. The second kappa shape index (κ2) is 8.61. The normalized spacial score (nSPS) is 19.7. The van der Waals surface area contributed by atoms with Gasteiger partial charge in [-0.25, -0.2) is 13.2 Å². The van der Waals surface area contributed by atoms with E-state index in [1.807, 2.05) is 6.92 Å². The number of amides is 1. The van der Waals surface area contributed by atoms with E-state index in [1.165, 1.54) is 11.2 Å². The first-order valence-corrected chi connectivity index (χ1v) is 11.0. The number of hydrogen-bond acceptors (Lipinski definition) is 5. The number of ether oxygens (including phenoxy) is 1. The smallest absolute Gasteiger partial charge is 0.328 e. The molecule has 0 aliphatic carbocycles. The summed E-state index contributed by atoms with van der Waals surface area (Å²) in [5.74, 6) is -1.03. The molecule has 1 aromatic rings. The Hall–Kier alpha value is -1.93. The van der Waals surface area contributed by atoms with E-state index >= 15 is 0 Å². The van der Waals surface area contributed by atoms with Crippen molar-refractivity contribution in [2.45, 2.75) is 76.5 Å². The van der Waals surface area contributed by atoms with Crippen LogP contribution in [0.4, 0.5) is 0 Å². The third kappa shape index (κ3) is 5.54. The van der Waals surface area contributed by atoms with E-state index in [0.717, 1.165) is 12.0 Å². The van der Waals surface area contributed by atoms with Crippen LogP contribution >= 0.6 is 0 Å². The van der Waals surface area contributed by atoms with E-state index in [1.54, 1.807) is 45.0 Å². The second-order valence-electron chi connectivity index (χ2n) is 8.20. The Bertz CT molecular complexity index is 812. The zero-order chi connectivity index (χ0) is 21.1. The molecule has 0 radical (unpaired) electrons. The van der Waals surface area contributed by atoms with E-state index in [9.17, 15) is 18.0 Å². The SMILES string of the molecule is Cc1ccc(S(=O)(=O)N2CCCC[C@H]2C(=O)N[C@H](C)C(=O)OC(C)(C)C)cc1. The van der Waals surface area contributed by atoms with Gasteiger partial charge in [0.05, 0.1) is 4.90 Å². The van der Waals surface area contributed by atoms with Gasteiger partial charge in [-0.05, 0) is 59.6 Å². The van der Waals surface area contributed by atoms with E-state index in [4.69, 9.17) is 4.74 Å². The quantitative estimate of drug-likeness (QED) is 0.753. The molecule has 1 aliphatic heterocycles. The number of esters is 1. The molecule has 1 N–H and O–H groups in total. The lowest BCUT2D eigenvalue weighted by Crippen LogP contribution is -2.54. The fourth-order valence-electron chi connectivity index (χ4n) is 3.06. The molecule has 28 heavy (non-hydrogen) atoms. The summed E-state index contributed by atoms with van der Waals surface area (Å²) < 4.78 is 32.7. The van der Waals surface area contributed by atoms with Gasteiger partial charge in [-0.2, -0.15) is 4.31 Å². The standard InChI is InChI=1S/C20H30N2O5S/c1-14-9-11-16(12-10-14)28(25,26)22-13-7-6-8-17(22)18(23)21-15(2)19(24)27-20(3,4)5/h9-12,15,17H,6-8,13H2,1-5H3,(H,21,23)/t15-,17+/m1/s1. The first-order chi connectivity index (χ1) is 12.9. The molecule has 1 aromatic carbocycles. The number of nitrogens with zero attached hydrogens (tertiary/aromatic N) is 1. The molecule has 0 aromatic heterocycles. The highest BCUT2D eigenvalue weighted by atomic mass is 32.2. The maximum atomic E-state index is 13.1. The fraction of sp³-hybridized carbons (Fsp3) is 0.600. The minimum Gasteiger partial charge on any atom is -0.458 e. The molecule has 8 heteroatoms. The van der Waals surface area contributed by atoms with Crippen molar-refractivity contribution in [3.8, 4) is 0 Å². The van der Waals surface area contributed by atoms with Crippen LogP contribution in [0.2, 0.25) is 0 Å². The highest BCUT2D eigenvalue weighted by Crippen LogP contribution is 2.26. The zero-order valence-electron chi connectivity index (χ0n) is 17.2. The second-order valence-corrected chi connectivity index (χ2v) is 10.1. The molecule has 1 amide bonds. The lowest BCUT2D eigenvalue weighted by Gasteiger charge is -2.34. The lowest BCUT2D eigenvalue weighted by molar-refractivity contribution is -0.158. The van der Waals surface area contributed by atoms with Crippen LogP contribution in [0.15, 0.2) is 29.2 Å². The van der Waals surface area contributed by atoms with Gasteiger partial charge in [-0.15, -0.1) is 0 Å². The van der Waals surface area contributed by atoms with Gasteiger partial charge in [-0.1, -0.05) is 24.1 Å². The Kier molecular flexibility index (Phi) is 6.88. The maximum Gasteiger partial charge on any atom is 0.328 e. The largest absolute Gasteiger partial charge is 0.458 e. The molecule has 2 rings (SSSR count). The van der Waals surface area contributed by atoms with E-state index in [-0.39, 0.29) is 11.4 Å². The van der Waals surface area contributed by atoms with Crippen LogP contribution in [0.1, 0.15) is 52.5 Å². The van der Waals surface area contributed by atoms with Crippen molar-refractivity contribution < 1.29 is 22.7 Å². The van der Waals surface area contributed by atoms with Crippen molar-refractivity contribution >= 4 is 21.9 Å². The van der Waals surface area contributed by atoms with Crippen molar-refractivity contribution in [3.05, 3.63) is 29.8 Å². The number of piperidine rings is 1. The average Bonchev–Trinajstić information content (AvgIpc) is 2.60. The highest BCUT2D eigenvalue weighted by Gasteiger charge is 2.38. The average molecular weight is 411 g/mol. The Morgan fingerprint density at radius 1 is 1.18 bits per heavy atom. The molecular weight excluding hydrogens is 380 g/mol. The maximum absolute atomic E-state index is 13.1. The van der Waals surface area contributed by atoms with Gasteiger partial charge in [0.15, 0.2) is 0 Å². The van der Waals surface area contributed by atoms with Gasteiger partial charge in [0.2, 0.25) is 15.9 Å². The van der Waals surface area contributed by atoms with Crippen LogP contribution in [0, 0.1) is 6.92 Å². The summed E-state index contributed by atoms with van der Waals surface area (Å²) in [4.78, 5) is 25.1. The van der Waals surface area contributed by atoms with Crippen LogP contribution in [-0.2, 0) is 24.3 Å². The number of sulfonamides is 1. The highest BCUT2D eigenvalue weighted by molar-refractivity contribution is 7.89. The first-order valence-electron chi connectivity index (χ1n) is 9.53. The molecule has 1 fully saturated rings. The minimum absolute atomic E-state index is 0.165.